The summed E-state index contributed by atoms with van der Waals surface area (Å²) < 4.78 is 24.1. The number of hydrogen-bond donors (Lipinski definition) is 3. The van der Waals surface area contributed by atoms with Crippen molar-refractivity contribution in [2.24, 2.45) is 17.1 Å². The Bertz CT molecular complexity index is 2660. The molecular weight excluding hydrogens is 899 g/mol. The van der Waals surface area contributed by atoms with E-state index in [1.54, 1.807) is 72.7 Å². The number of ether oxygens (including phenoxy) is 4. The van der Waals surface area contributed by atoms with Crippen LogP contribution in [-0.2, 0) is 33.8 Å². The predicted molar refractivity (Wildman–Crippen MR) is 260 cm³/mol. The molecule has 0 bridgehead atoms. The molecule has 1 unspecified atom stereocenters. The zero-order chi connectivity index (χ0) is 48.7. The average molecular weight is 960 g/mol. The Kier molecular flexibility index (Phi) is 13.6. The standard InChI is InChI=1S/C53H61N5O10S/c1-30(2)47(54)48(60)55-32(4)43(59)20-33-7-9-34(10-8-33)27-68-52(64)58-41-24-44(31(3)19-40(41)50(62)57-29-53(14-15-53)25-42(57)51(58)63)66-16-6-17-67-46-22-35-11-12-38-21-37(36-13-18-69-28-36)26-56(38)49(61)39(35)23-45(46)65-5/h7-10,13,18-19,22-24,26,28,30,32,38,42,47,51,63H,6,11-12,14-17,20-21,25,27,29,54H2,1-5H3,(H,55,60)/t32-,38+,42-,47-,51?/m0/s1. The molecule has 4 aromatic rings. The topological polar surface area (TPSA) is 190 Å². The molecule has 5 aliphatic rings. The predicted octanol–water partition coefficient (Wildman–Crippen LogP) is 7.18. The molecule has 9 rings (SSSR count). The van der Waals surface area contributed by atoms with Crippen LogP contribution in [0.1, 0.15) is 108 Å². The number of aliphatic hydroxyl groups excluding tert-OH is 1. The molecule has 4 amide bonds. The Hall–Kier alpha value is -6.23. The van der Waals surface area contributed by atoms with Gasteiger partial charge in [-0.25, -0.2) is 9.69 Å². The zero-order valence-corrected chi connectivity index (χ0v) is 40.6. The van der Waals surface area contributed by atoms with E-state index in [0.717, 1.165) is 43.2 Å². The van der Waals surface area contributed by atoms with Crippen LogP contribution in [0.4, 0.5) is 10.5 Å². The second-order valence-electron chi connectivity index (χ2n) is 19.6. The first kappa shape index (κ1) is 47.8. The van der Waals surface area contributed by atoms with Crippen molar-refractivity contribution in [3.8, 4) is 17.2 Å². The molecule has 5 atom stereocenters. The molecule has 0 radical (unpaired) electrons. The lowest BCUT2D eigenvalue weighted by atomic mass is 9.98. The Balaban J connectivity index is 0.849. The van der Waals surface area contributed by atoms with E-state index in [1.807, 2.05) is 37.9 Å². The number of amides is 4. The number of fused-ring (bicyclic) bond motifs is 4. The Morgan fingerprint density at radius 2 is 1.68 bits per heavy atom. The monoisotopic (exact) mass is 959 g/mol. The number of carbonyl (C=O) groups excluding carboxylic acids is 5. The molecule has 2 fully saturated rings. The summed E-state index contributed by atoms with van der Waals surface area (Å²) in [6, 6.07) is 14.2. The summed E-state index contributed by atoms with van der Waals surface area (Å²) in [5.41, 5.74) is 12.3. The molecule has 4 N–H and O–H groups in total. The van der Waals surface area contributed by atoms with Crippen LogP contribution in [0.2, 0.25) is 0 Å². The number of Topliss-reactive ketones (excluding diaryl/α,β-unsaturated/α-hetero) is 1. The first-order valence-corrected chi connectivity index (χ1v) is 24.9. The van der Waals surface area contributed by atoms with E-state index in [9.17, 15) is 29.1 Å². The first-order chi connectivity index (χ1) is 33.1. The molecule has 1 saturated carbocycles. The maximum Gasteiger partial charge on any atom is 0.416 e. The summed E-state index contributed by atoms with van der Waals surface area (Å²) in [6.07, 6.45) is 5.23. The van der Waals surface area contributed by atoms with E-state index in [0.29, 0.717) is 53.3 Å². The fourth-order valence-electron chi connectivity index (χ4n) is 9.97. The van der Waals surface area contributed by atoms with Gasteiger partial charge in [-0.05, 0) is 132 Å². The number of aryl methyl sites for hydroxylation is 2. The molecule has 1 saturated heterocycles. The number of benzene rings is 3. The Morgan fingerprint density at radius 1 is 0.942 bits per heavy atom. The van der Waals surface area contributed by atoms with Gasteiger partial charge in [-0.2, -0.15) is 11.3 Å². The summed E-state index contributed by atoms with van der Waals surface area (Å²) in [4.78, 5) is 72.4. The van der Waals surface area contributed by atoms with Gasteiger partial charge in [0.15, 0.2) is 23.5 Å². The van der Waals surface area contributed by atoms with Gasteiger partial charge in [-0.3, -0.25) is 19.2 Å². The fourth-order valence-corrected chi connectivity index (χ4v) is 10.6. The number of carbonyl (C=O) groups is 5. The van der Waals surface area contributed by atoms with Crippen molar-refractivity contribution in [1.29, 1.82) is 0 Å². The Labute approximate surface area is 406 Å². The maximum absolute atomic E-state index is 14.3. The molecule has 364 valence electrons. The molecule has 1 aliphatic carbocycles. The molecule has 3 aromatic carbocycles. The third-order valence-corrected chi connectivity index (χ3v) is 15.1. The number of nitrogens with two attached hydrogens (primary N) is 1. The van der Waals surface area contributed by atoms with E-state index in [4.69, 9.17) is 24.7 Å². The molecule has 15 nitrogen and oxygen atoms in total. The van der Waals surface area contributed by atoms with Gasteiger partial charge in [0.05, 0.1) is 49.7 Å². The van der Waals surface area contributed by atoms with Gasteiger partial charge < -0.3 is 44.9 Å². The van der Waals surface area contributed by atoms with Crippen LogP contribution >= 0.6 is 11.3 Å². The molecule has 1 aromatic heterocycles. The van der Waals surface area contributed by atoms with Crippen molar-refractivity contribution in [3.63, 3.8) is 0 Å². The smallest absolute Gasteiger partial charge is 0.416 e. The highest BCUT2D eigenvalue weighted by molar-refractivity contribution is 7.08. The number of rotatable bonds is 16. The summed E-state index contributed by atoms with van der Waals surface area (Å²) in [5.74, 6) is 0.537. The maximum atomic E-state index is 14.3. The lowest BCUT2D eigenvalue weighted by Crippen LogP contribution is -2.50. The van der Waals surface area contributed by atoms with E-state index in [1.165, 1.54) is 16.0 Å². The second kappa shape index (κ2) is 19.6. The number of thiophene rings is 1. The minimum Gasteiger partial charge on any atom is -0.493 e. The number of nitrogens with one attached hydrogen (secondary N) is 1. The van der Waals surface area contributed by atoms with Gasteiger partial charge in [-0.1, -0.05) is 38.1 Å². The second-order valence-corrected chi connectivity index (χ2v) is 20.4. The van der Waals surface area contributed by atoms with Gasteiger partial charge in [0, 0.05) is 43.3 Å². The van der Waals surface area contributed by atoms with Crippen molar-refractivity contribution in [1.82, 2.24) is 15.1 Å². The third-order valence-electron chi connectivity index (χ3n) is 14.4. The van der Waals surface area contributed by atoms with E-state index in [-0.39, 0.29) is 78.4 Å². The molecule has 1 spiro atoms. The van der Waals surface area contributed by atoms with Crippen molar-refractivity contribution < 1.29 is 48.0 Å². The minimum atomic E-state index is -1.37. The highest BCUT2D eigenvalue weighted by Gasteiger charge is 2.58. The lowest BCUT2D eigenvalue weighted by molar-refractivity contribution is -0.128. The summed E-state index contributed by atoms with van der Waals surface area (Å²) in [5, 5.41) is 18.9. The number of methoxy groups -OCH3 is 1. The largest absolute Gasteiger partial charge is 0.493 e. The van der Waals surface area contributed by atoms with E-state index >= 15 is 0 Å². The van der Waals surface area contributed by atoms with Crippen LogP contribution < -0.4 is 30.2 Å². The van der Waals surface area contributed by atoms with Crippen molar-refractivity contribution in [3.05, 3.63) is 111 Å². The molecule has 16 heteroatoms. The van der Waals surface area contributed by atoms with Gasteiger partial charge in [0.1, 0.15) is 12.4 Å². The molecule has 5 heterocycles. The van der Waals surface area contributed by atoms with Crippen molar-refractivity contribution in [2.45, 2.75) is 116 Å². The number of ketones is 1. The quantitative estimate of drug-likeness (QED) is 0.0965. The normalized spacial score (nSPS) is 20.8. The third kappa shape index (κ3) is 9.84. The van der Waals surface area contributed by atoms with Crippen LogP contribution in [0, 0.1) is 18.3 Å². The lowest BCUT2D eigenvalue weighted by Gasteiger charge is -2.31. The van der Waals surface area contributed by atoms with Crippen molar-refractivity contribution in [2.75, 3.05) is 31.8 Å². The minimum absolute atomic E-state index is 0.0413. The summed E-state index contributed by atoms with van der Waals surface area (Å²) >= 11 is 1.65. The van der Waals surface area contributed by atoms with Crippen LogP contribution in [0.3, 0.4) is 0 Å². The van der Waals surface area contributed by atoms with Crippen LogP contribution in [0.25, 0.3) is 5.57 Å². The number of nitrogens with zero attached hydrogens (tertiary/aromatic N) is 3. The Morgan fingerprint density at radius 3 is 2.38 bits per heavy atom. The number of anilines is 1. The summed E-state index contributed by atoms with van der Waals surface area (Å²) in [6.45, 7) is 8.05. The summed E-state index contributed by atoms with van der Waals surface area (Å²) in [7, 11) is 1.56. The van der Waals surface area contributed by atoms with Gasteiger partial charge in [-0.15, -0.1) is 0 Å². The van der Waals surface area contributed by atoms with E-state index < -0.39 is 30.4 Å². The molecular formula is C53H61N5O10S. The van der Waals surface area contributed by atoms with Gasteiger partial charge in [0.2, 0.25) is 5.91 Å². The number of aliphatic hydroxyl groups is 1. The fraction of sp³-hybridized carbons (Fsp3) is 0.453. The SMILES string of the molecule is COc1cc2c(cc1OCCCOc1cc3c(cc1C)C(=O)N1CC4(CC4)C[C@H]1C(O)N3C(=O)OCc1ccc(CC(=O)[C@H](C)NC(=O)[C@@H](N)C(C)C)cc1)CC[C@@H]1CC(c3ccsc3)=CN1C2=O. The van der Waals surface area contributed by atoms with Gasteiger partial charge in [0.25, 0.3) is 11.8 Å². The molecule has 4 aliphatic heterocycles. The van der Waals surface area contributed by atoms with Crippen molar-refractivity contribution >= 4 is 52.2 Å². The van der Waals surface area contributed by atoms with Crippen LogP contribution in [0.5, 0.6) is 17.2 Å². The zero-order valence-electron chi connectivity index (χ0n) is 39.8. The van der Waals surface area contributed by atoms with Crippen LogP contribution in [0.15, 0.2) is 71.6 Å². The first-order valence-electron chi connectivity index (χ1n) is 23.9. The average Bonchev–Trinajstić information content (AvgIpc) is 3.63. The van der Waals surface area contributed by atoms with Gasteiger partial charge >= 0.3 is 6.09 Å². The highest BCUT2D eigenvalue weighted by atomic mass is 32.1. The van der Waals surface area contributed by atoms with Crippen LogP contribution in [-0.4, -0.2) is 102 Å². The number of hydrogen-bond acceptors (Lipinski definition) is 12. The molecule has 69 heavy (non-hydrogen) atoms. The highest BCUT2D eigenvalue weighted by Crippen LogP contribution is 2.57. The van der Waals surface area contributed by atoms with E-state index in [2.05, 4.69) is 22.1 Å².